The Morgan fingerprint density at radius 1 is 1.11 bits per heavy atom. The van der Waals surface area contributed by atoms with E-state index in [1.807, 2.05) is 31.2 Å². The topological polar surface area (TPSA) is 60.9 Å². The Hall–Kier alpha value is -0.950. The molecule has 1 N–H and O–H groups in total. The van der Waals surface area contributed by atoms with Crippen molar-refractivity contribution in [2.24, 2.45) is 0 Å². The predicted octanol–water partition coefficient (Wildman–Crippen LogP) is 0.986. The molecule has 0 amide bonds. The van der Waals surface area contributed by atoms with Crippen LogP contribution in [0.25, 0.3) is 0 Å². The Morgan fingerprint density at radius 3 is 2.21 bits per heavy atom. The van der Waals surface area contributed by atoms with Gasteiger partial charge in [0.2, 0.25) is 0 Å². The van der Waals surface area contributed by atoms with Crippen LogP contribution in [0.3, 0.4) is 0 Å². The lowest BCUT2D eigenvalue weighted by molar-refractivity contribution is 0.272. The Kier molecular flexibility index (Phi) is 5.93. The summed E-state index contributed by atoms with van der Waals surface area (Å²) in [5.74, 6) is 0. The normalized spacial score (nSPS) is 12.3. The fourth-order valence-corrected chi connectivity index (χ4v) is 2.83. The van der Waals surface area contributed by atoms with Gasteiger partial charge in [0.15, 0.2) is 0 Å². The van der Waals surface area contributed by atoms with Crippen LogP contribution in [0.1, 0.15) is 17.5 Å². The second-order valence-corrected chi connectivity index (χ2v) is 6.79. The molecule has 0 heterocycles. The van der Waals surface area contributed by atoms with Crippen LogP contribution in [0.15, 0.2) is 24.3 Å². The molecule has 0 spiro atoms. The minimum Gasteiger partial charge on any atom is -0.396 e. The van der Waals surface area contributed by atoms with Gasteiger partial charge in [0, 0.05) is 33.8 Å². The highest BCUT2D eigenvalue weighted by Gasteiger charge is 2.23. The van der Waals surface area contributed by atoms with E-state index < -0.39 is 10.2 Å². The average Bonchev–Trinajstić information content (AvgIpc) is 2.38. The maximum Gasteiger partial charge on any atom is 0.281 e. The number of hydrogen-bond acceptors (Lipinski definition) is 3. The zero-order chi connectivity index (χ0) is 14.5. The Morgan fingerprint density at radius 2 is 1.68 bits per heavy atom. The van der Waals surface area contributed by atoms with Crippen molar-refractivity contribution >= 4 is 10.2 Å². The van der Waals surface area contributed by atoms with E-state index in [1.165, 1.54) is 15.7 Å². The van der Waals surface area contributed by atoms with Gasteiger partial charge in [-0.1, -0.05) is 29.8 Å². The molecule has 0 saturated carbocycles. The molecule has 0 unspecified atom stereocenters. The second kappa shape index (κ2) is 7.00. The summed E-state index contributed by atoms with van der Waals surface area (Å²) in [7, 11) is -0.379. The molecule has 0 aliphatic heterocycles. The molecule has 1 aromatic rings. The molecule has 5 nitrogen and oxygen atoms in total. The van der Waals surface area contributed by atoms with E-state index in [-0.39, 0.29) is 6.61 Å². The lowest BCUT2D eigenvalue weighted by Crippen LogP contribution is -2.39. The van der Waals surface area contributed by atoms with E-state index in [0.717, 1.165) is 11.1 Å². The van der Waals surface area contributed by atoms with E-state index in [1.54, 1.807) is 7.05 Å². The molecule has 0 aliphatic rings. The van der Waals surface area contributed by atoms with Crippen LogP contribution in [0.5, 0.6) is 0 Å². The fraction of sp³-hybridized carbons (Fsp3) is 0.538. The lowest BCUT2D eigenvalue weighted by atomic mass is 10.1. The average molecular weight is 286 g/mol. The van der Waals surface area contributed by atoms with E-state index in [0.29, 0.717) is 19.5 Å². The van der Waals surface area contributed by atoms with Crippen molar-refractivity contribution < 1.29 is 13.5 Å². The minimum absolute atomic E-state index is 0.0124. The number of benzene rings is 1. The third-order valence-electron chi connectivity index (χ3n) is 2.94. The maximum absolute atomic E-state index is 12.2. The SMILES string of the molecule is Cc1ccc(CN(C)S(=O)(=O)N(C)CCCO)cc1. The minimum atomic E-state index is -3.46. The van der Waals surface area contributed by atoms with Gasteiger partial charge < -0.3 is 5.11 Å². The lowest BCUT2D eigenvalue weighted by Gasteiger charge is -2.24. The van der Waals surface area contributed by atoms with Crippen molar-refractivity contribution in [3.8, 4) is 0 Å². The largest absolute Gasteiger partial charge is 0.396 e. The Balaban J connectivity index is 2.70. The molecule has 0 bridgehead atoms. The first-order valence-electron chi connectivity index (χ1n) is 6.22. The summed E-state index contributed by atoms with van der Waals surface area (Å²) in [5, 5.41) is 8.75. The number of nitrogens with zero attached hydrogens (tertiary/aromatic N) is 2. The fourth-order valence-electron chi connectivity index (χ4n) is 1.68. The number of hydrogen-bond donors (Lipinski definition) is 1. The van der Waals surface area contributed by atoms with Gasteiger partial charge in [0.25, 0.3) is 10.2 Å². The predicted molar refractivity (Wildman–Crippen MR) is 75.9 cm³/mol. The van der Waals surface area contributed by atoms with Crippen molar-refractivity contribution in [2.75, 3.05) is 27.2 Å². The first kappa shape index (κ1) is 16.1. The van der Waals surface area contributed by atoms with Gasteiger partial charge in [-0.05, 0) is 18.9 Å². The first-order valence-corrected chi connectivity index (χ1v) is 7.61. The van der Waals surface area contributed by atoms with E-state index in [9.17, 15) is 8.42 Å². The maximum atomic E-state index is 12.2. The van der Waals surface area contributed by atoms with E-state index in [4.69, 9.17) is 5.11 Å². The van der Waals surface area contributed by atoms with Crippen molar-refractivity contribution in [2.45, 2.75) is 19.9 Å². The zero-order valence-corrected chi connectivity index (χ0v) is 12.5. The first-order chi connectivity index (χ1) is 8.87. The van der Waals surface area contributed by atoms with Crippen molar-refractivity contribution in [1.82, 2.24) is 8.61 Å². The quantitative estimate of drug-likeness (QED) is 0.813. The molecular formula is C13H22N2O3S. The van der Waals surface area contributed by atoms with Gasteiger partial charge >= 0.3 is 0 Å². The molecular weight excluding hydrogens is 264 g/mol. The number of rotatable bonds is 7. The molecule has 0 aromatic heterocycles. The molecule has 19 heavy (non-hydrogen) atoms. The van der Waals surface area contributed by atoms with Crippen LogP contribution >= 0.6 is 0 Å². The van der Waals surface area contributed by atoms with Crippen LogP contribution in [-0.2, 0) is 16.8 Å². The molecule has 0 aliphatic carbocycles. The van der Waals surface area contributed by atoms with Gasteiger partial charge in [-0.2, -0.15) is 17.0 Å². The van der Waals surface area contributed by atoms with Crippen LogP contribution in [0.2, 0.25) is 0 Å². The van der Waals surface area contributed by atoms with Crippen LogP contribution in [0.4, 0.5) is 0 Å². The molecule has 108 valence electrons. The molecule has 0 fully saturated rings. The van der Waals surface area contributed by atoms with E-state index in [2.05, 4.69) is 0 Å². The highest BCUT2D eigenvalue weighted by atomic mass is 32.2. The molecule has 1 rings (SSSR count). The van der Waals surface area contributed by atoms with Crippen LogP contribution in [0, 0.1) is 6.92 Å². The van der Waals surface area contributed by atoms with Gasteiger partial charge in [0.1, 0.15) is 0 Å². The van der Waals surface area contributed by atoms with E-state index >= 15 is 0 Å². The standard InChI is InChI=1S/C13H22N2O3S/c1-12-5-7-13(8-6-12)11-15(3)19(17,18)14(2)9-4-10-16/h5-8,16H,4,9-11H2,1-3H3. The summed E-state index contributed by atoms with van der Waals surface area (Å²) in [5.41, 5.74) is 2.10. The summed E-state index contributed by atoms with van der Waals surface area (Å²) in [6.45, 7) is 2.64. The summed E-state index contributed by atoms with van der Waals surface area (Å²) in [6, 6.07) is 7.78. The summed E-state index contributed by atoms with van der Waals surface area (Å²) >= 11 is 0. The molecule has 0 radical (unpaired) electrons. The second-order valence-electron chi connectivity index (χ2n) is 4.65. The number of aliphatic hydroxyl groups excluding tert-OH is 1. The number of aryl methyl sites for hydroxylation is 1. The highest BCUT2D eigenvalue weighted by molar-refractivity contribution is 7.86. The highest BCUT2D eigenvalue weighted by Crippen LogP contribution is 2.11. The van der Waals surface area contributed by atoms with Crippen molar-refractivity contribution in [1.29, 1.82) is 0 Å². The smallest absolute Gasteiger partial charge is 0.281 e. The van der Waals surface area contributed by atoms with Crippen LogP contribution in [-0.4, -0.2) is 49.4 Å². The third kappa shape index (κ3) is 4.58. The number of aliphatic hydroxyl groups is 1. The Bertz CT molecular complexity index is 485. The summed E-state index contributed by atoms with van der Waals surface area (Å²) in [6.07, 6.45) is 0.439. The molecule has 0 atom stereocenters. The van der Waals surface area contributed by atoms with Gasteiger partial charge in [0.05, 0.1) is 0 Å². The summed E-state index contributed by atoms with van der Waals surface area (Å²) < 4.78 is 26.9. The molecule has 1 aromatic carbocycles. The van der Waals surface area contributed by atoms with Gasteiger partial charge in [-0.15, -0.1) is 0 Å². The van der Waals surface area contributed by atoms with Gasteiger partial charge in [-0.25, -0.2) is 0 Å². The zero-order valence-electron chi connectivity index (χ0n) is 11.7. The summed E-state index contributed by atoms with van der Waals surface area (Å²) in [4.78, 5) is 0. The van der Waals surface area contributed by atoms with Gasteiger partial charge in [-0.3, -0.25) is 0 Å². The third-order valence-corrected chi connectivity index (χ3v) is 4.83. The Labute approximate surface area is 115 Å². The van der Waals surface area contributed by atoms with Crippen LogP contribution < -0.4 is 0 Å². The molecule has 6 heteroatoms. The van der Waals surface area contributed by atoms with Crippen molar-refractivity contribution in [3.05, 3.63) is 35.4 Å². The van der Waals surface area contributed by atoms with Crippen molar-refractivity contribution in [3.63, 3.8) is 0 Å². The molecule has 0 saturated heterocycles. The monoisotopic (exact) mass is 286 g/mol.